The molecule has 16 nitrogen and oxygen atoms in total. The SMILES string of the molecule is CC(=O)C(=O)OOC(=O)CCC(=O)OOC(=O)C(C)(O)C1O[C@@](O)(CO)[C@@H](O)[C@H](O)[C@@H]1O. The van der Waals surface area contributed by atoms with Crippen molar-refractivity contribution in [3.05, 3.63) is 0 Å². The summed E-state index contributed by atoms with van der Waals surface area (Å²) in [6.45, 7) is 0.230. The molecule has 1 aliphatic rings. The maximum atomic E-state index is 12.1. The van der Waals surface area contributed by atoms with Crippen molar-refractivity contribution in [1.82, 2.24) is 0 Å². The quantitative estimate of drug-likeness (QED) is 0.116. The van der Waals surface area contributed by atoms with Crippen LogP contribution in [-0.4, -0.2) is 103 Å². The zero-order valence-electron chi connectivity index (χ0n) is 16.7. The summed E-state index contributed by atoms with van der Waals surface area (Å²) < 4.78 is 4.78. The van der Waals surface area contributed by atoms with Gasteiger partial charge in [-0.3, -0.25) is 4.79 Å². The van der Waals surface area contributed by atoms with Gasteiger partial charge in [0.25, 0.3) is 0 Å². The lowest BCUT2D eigenvalue weighted by molar-refractivity contribution is -0.374. The molecule has 16 heteroatoms. The molecule has 1 rings (SSSR count). The number of hydrogen-bond acceptors (Lipinski definition) is 16. The summed E-state index contributed by atoms with van der Waals surface area (Å²) in [5.41, 5.74) is -2.90. The van der Waals surface area contributed by atoms with E-state index in [0.717, 1.165) is 6.92 Å². The van der Waals surface area contributed by atoms with Gasteiger partial charge in [-0.05, 0) is 6.92 Å². The minimum absolute atomic E-state index is 0.681. The summed E-state index contributed by atoms with van der Waals surface area (Å²) in [6.07, 6.45) is -10.2. The Kier molecular flexibility index (Phi) is 9.15. The van der Waals surface area contributed by atoms with E-state index in [4.69, 9.17) is 9.84 Å². The predicted octanol–water partition coefficient (Wildman–Crippen LogP) is -4.73. The molecule has 0 amide bonds. The van der Waals surface area contributed by atoms with Gasteiger partial charge >= 0.3 is 23.9 Å². The van der Waals surface area contributed by atoms with Crippen molar-refractivity contribution < 1.29 is 78.9 Å². The highest BCUT2D eigenvalue weighted by atomic mass is 17.2. The van der Waals surface area contributed by atoms with E-state index in [2.05, 4.69) is 19.6 Å². The molecule has 0 aromatic heterocycles. The first kappa shape index (κ1) is 27.3. The van der Waals surface area contributed by atoms with Gasteiger partial charge in [0.2, 0.25) is 11.6 Å². The first-order chi connectivity index (χ1) is 14.7. The summed E-state index contributed by atoms with van der Waals surface area (Å²) in [7, 11) is 0. The van der Waals surface area contributed by atoms with Gasteiger partial charge in [-0.25, -0.2) is 38.7 Å². The van der Waals surface area contributed by atoms with Crippen molar-refractivity contribution >= 4 is 29.7 Å². The van der Waals surface area contributed by atoms with Crippen molar-refractivity contribution in [2.45, 2.75) is 62.5 Å². The van der Waals surface area contributed by atoms with Crippen LogP contribution >= 0.6 is 0 Å². The van der Waals surface area contributed by atoms with E-state index >= 15 is 0 Å². The molecule has 0 spiro atoms. The van der Waals surface area contributed by atoms with Gasteiger partial charge in [0.1, 0.15) is 24.4 Å². The van der Waals surface area contributed by atoms with Gasteiger partial charge in [0.05, 0.1) is 19.4 Å². The number of carbonyl (C=O) groups excluding carboxylic acids is 5. The molecule has 1 fully saturated rings. The molecular formula is C16H22O16. The number of ketones is 1. The van der Waals surface area contributed by atoms with Gasteiger partial charge < -0.3 is 35.4 Å². The molecule has 0 saturated carbocycles. The van der Waals surface area contributed by atoms with E-state index in [1.807, 2.05) is 0 Å². The number of Topliss-reactive ketones (excluding diaryl/α,β-unsaturated/α-hetero) is 1. The highest BCUT2D eigenvalue weighted by Gasteiger charge is 2.60. The molecule has 6 N–H and O–H groups in total. The Hall–Kier alpha value is -2.73. The average molecular weight is 470 g/mol. The Morgan fingerprint density at radius 1 is 0.938 bits per heavy atom. The number of hydrogen-bond donors (Lipinski definition) is 6. The highest BCUT2D eigenvalue weighted by molar-refractivity contribution is 6.32. The normalized spacial score (nSPS) is 29.2. The fraction of sp³-hybridized carbons (Fsp3) is 0.688. The van der Waals surface area contributed by atoms with Crippen molar-refractivity contribution in [3.63, 3.8) is 0 Å². The molecule has 0 aromatic carbocycles. The average Bonchev–Trinajstić information content (AvgIpc) is 2.74. The second-order valence-corrected chi connectivity index (χ2v) is 6.82. The van der Waals surface area contributed by atoms with Crippen LogP contribution in [0.5, 0.6) is 0 Å². The van der Waals surface area contributed by atoms with E-state index in [1.165, 1.54) is 0 Å². The zero-order valence-corrected chi connectivity index (χ0v) is 16.7. The van der Waals surface area contributed by atoms with Crippen LogP contribution in [0.25, 0.3) is 0 Å². The maximum absolute atomic E-state index is 12.1. The van der Waals surface area contributed by atoms with Crippen LogP contribution in [0.1, 0.15) is 26.7 Å². The molecule has 1 aliphatic heterocycles. The summed E-state index contributed by atoms with van der Waals surface area (Å²) in [4.78, 5) is 72.2. The molecule has 0 aromatic rings. The van der Waals surface area contributed by atoms with Crippen LogP contribution in [0.15, 0.2) is 0 Å². The number of ether oxygens (including phenoxy) is 1. The van der Waals surface area contributed by atoms with Crippen LogP contribution in [0.3, 0.4) is 0 Å². The largest absolute Gasteiger partial charge is 0.421 e. The van der Waals surface area contributed by atoms with Crippen molar-refractivity contribution in [3.8, 4) is 0 Å². The fourth-order valence-corrected chi connectivity index (χ4v) is 2.29. The first-order valence-corrected chi connectivity index (χ1v) is 8.79. The molecule has 0 radical (unpaired) electrons. The maximum Gasteiger partial charge on any atom is 0.421 e. The lowest BCUT2D eigenvalue weighted by atomic mass is 9.85. The number of aliphatic hydroxyl groups excluding tert-OH is 4. The van der Waals surface area contributed by atoms with E-state index in [-0.39, 0.29) is 0 Å². The van der Waals surface area contributed by atoms with E-state index < -0.39 is 84.9 Å². The van der Waals surface area contributed by atoms with Gasteiger partial charge in [-0.1, -0.05) is 0 Å². The highest BCUT2D eigenvalue weighted by Crippen LogP contribution is 2.33. The minimum atomic E-state index is -2.90. The molecule has 0 aliphatic carbocycles. The van der Waals surface area contributed by atoms with Crippen molar-refractivity contribution in [1.29, 1.82) is 0 Å². The van der Waals surface area contributed by atoms with Gasteiger partial charge in [0, 0.05) is 6.92 Å². The van der Waals surface area contributed by atoms with Crippen LogP contribution in [0.2, 0.25) is 0 Å². The molecule has 182 valence electrons. The van der Waals surface area contributed by atoms with Crippen molar-refractivity contribution in [2.24, 2.45) is 0 Å². The standard InChI is InChI=1S/C16H22O16/c1-6(18)13(24)31-29-7(19)3-4-8(20)30-32-14(25)15(2,26)12-10(22)9(21)11(23)16(27,5-17)28-12/h9-12,17,21-23,26-27H,3-5H2,1-2H3/t9-,10+,11+,12?,15?,16+/m1/s1. The third-order valence-corrected chi connectivity index (χ3v) is 4.21. The molecule has 1 heterocycles. The van der Waals surface area contributed by atoms with Gasteiger partial charge in [-0.2, -0.15) is 0 Å². The third-order valence-electron chi connectivity index (χ3n) is 4.21. The molecule has 32 heavy (non-hydrogen) atoms. The summed E-state index contributed by atoms with van der Waals surface area (Å²) in [5, 5.41) is 58.8. The Morgan fingerprint density at radius 2 is 1.44 bits per heavy atom. The topological polar surface area (TPSA) is 253 Å². The summed E-state index contributed by atoms with van der Waals surface area (Å²) in [5.74, 6) is -9.76. The number of rotatable bonds is 7. The second kappa shape index (κ2) is 10.7. The molecule has 6 atom stereocenters. The predicted molar refractivity (Wildman–Crippen MR) is 89.8 cm³/mol. The first-order valence-electron chi connectivity index (χ1n) is 8.79. The molecular weight excluding hydrogens is 448 g/mol. The third kappa shape index (κ3) is 6.39. The second-order valence-electron chi connectivity index (χ2n) is 6.82. The lowest BCUT2D eigenvalue weighted by Crippen LogP contribution is -2.71. The van der Waals surface area contributed by atoms with Gasteiger partial charge in [-0.15, -0.1) is 0 Å². The smallest absolute Gasteiger partial charge is 0.391 e. The Morgan fingerprint density at radius 3 is 1.91 bits per heavy atom. The Bertz CT molecular complexity index is 746. The van der Waals surface area contributed by atoms with Crippen LogP contribution in [-0.2, 0) is 48.3 Å². The van der Waals surface area contributed by atoms with Crippen molar-refractivity contribution in [2.75, 3.05) is 6.61 Å². The van der Waals surface area contributed by atoms with E-state index in [1.54, 1.807) is 0 Å². The number of aliphatic hydroxyl groups is 6. The van der Waals surface area contributed by atoms with E-state index in [9.17, 15) is 49.5 Å². The Labute approximate surface area is 178 Å². The van der Waals surface area contributed by atoms with Crippen LogP contribution < -0.4 is 0 Å². The molecule has 0 bridgehead atoms. The van der Waals surface area contributed by atoms with Crippen LogP contribution in [0, 0.1) is 0 Å². The van der Waals surface area contributed by atoms with Gasteiger partial charge in [0.15, 0.2) is 5.60 Å². The molecule has 2 unspecified atom stereocenters. The van der Waals surface area contributed by atoms with E-state index in [0.29, 0.717) is 6.92 Å². The zero-order chi connectivity index (χ0) is 24.9. The molecule has 1 saturated heterocycles. The fourth-order valence-electron chi connectivity index (χ4n) is 2.29. The van der Waals surface area contributed by atoms with Crippen LogP contribution in [0.4, 0.5) is 0 Å². The monoisotopic (exact) mass is 470 g/mol. The number of carbonyl (C=O) groups is 5. The Balaban J connectivity index is 2.61. The summed E-state index contributed by atoms with van der Waals surface area (Å²) >= 11 is 0. The minimum Gasteiger partial charge on any atom is -0.391 e. The lowest BCUT2D eigenvalue weighted by Gasteiger charge is -2.47. The summed E-state index contributed by atoms with van der Waals surface area (Å²) in [6, 6.07) is 0.